The summed E-state index contributed by atoms with van der Waals surface area (Å²) in [4.78, 5) is 23.5. The van der Waals surface area contributed by atoms with Crippen LogP contribution in [0.5, 0.6) is 11.5 Å². The molecular weight excluding hydrogens is 533 g/mol. The molecule has 0 saturated carbocycles. The van der Waals surface area contributed by atoms with Gasteiger partial charge in [-0.2, -0.15) is 0 Å². The average Bonchev–Trinajstić information content (AvgIpc) is 3.35. The Balaban J connectivity index is 0.00000385. The number of hydrogen-bond donors (Lipinski definition) is 1. The summed E-state index contributed by atoms with van der Waals surface area (Å²) >= 11 is 0. The summed E-state index contributed by atoms with van der Waals surface area (Å²) in [6.45, 7) is 11.0. The van der Waals surface area contributed by atoms with Crippen molar-refractivity contribution in [1.29, 1.82) is 0 Å². The van der Waals surface area contributed by atoms with Crippen LogP contribution in [0.4, 0.5) is 0 Å². The molecule has 1 amide bonds. The van der Waals surface area contributed by atoms with Gasteiger partial charge in [0.2, 0.25) is 5.91 Å². The van der Waals surface area contributed by atoms with E-state index in [9.17, 15) is 4.79 Å². The normalized spacial score (nSPS) is 17.5. The number of piperazine rings is 1. The number of methoxy groups -OCH3 is 2. The van der Waals surface area contributed by atoms with Gasteiger partial charge in [0, 0.05) is 58.3 Å². The van der Waals surface area contributed by atoms with E-state index in [2.05, 4.69) is 40.0 Å². The van der Waals surface area contributed by atoms with Crippen molar-refractivity contribution in [2.24, 2.45) is 4.99 Å². The first-order valence-corrected chi connectivity index (χ1v) is 11.6. The smallest absolute Gasteiger partial charge is 0.236 e. The van der Waals surface area contributed by atoms with Crippen molar-refractivity contribution in [3.8, 4) is 11.5 Å². The van der Waals surface area contributed by atoms with E-state index in [1.165, 1.54) is 5.56 Å². The van der Waals surface area contributed by atoms with Crippen LogP contribution in [0.1, 0.15) is 32.3 Å². The van der Waals surface area contributed by atoms with E-state index >= 15 is 0 Å². The largest absolute Gasteiger partial charge is 0.493 e. The van der Waals surface area contributed by atoms with E-state index in [4.69, 9.17) is 9.47 Å². The first-order valence-electron chi connectivity index (χ1n) is 11.6. The molecule has 0 aliphatic carbocycles. The van der Waals surface area contributed by atoms with Crippen LogP contribution in [0.2, 0.25) is 0 Å². The molecule has 1 N–H and O–H groups in total. The molecule has 2 heterocycles. The number of benzene rings is 1. The van der Waals surface area contributed by atoms with Crippen LogP contribution in [-0.4, -0.2) is 100 Å². The van der Waals surface area contributed by atoms with Gasteiger partial charge in [-0.3, -0.25) is 14.7 Å². The summed E-state index contributed by atoms with van der Waals surface area (Å²) in [5.74, 6) is 2.65. The lowest BCUT2D eigenvalue weighted by atomic mass is 9.84. The maximum Gasteiger partial charge on any atom is 0.236 e. The van der Waals surface area contributed by atoms with Gasteiger partial charge in [0.1, 0.15) is 0 Å². The van der Waals surface area contributed by atoms with Gasteiger partial charge in [0.15, 0.2) is 17.5 Å². The molecule has 2 aliphatic heterocycles. The molecule has 1 aromatic carbocycles. The minimum Gasteiger partial charge on any atom is -0.493 e. The number of guanidine groups is 1. The van der Waals surface area contributed by atoms with Crippen LogP contribution in [0.25, 0.3) is 0 Å². The van der Waals surface area contributed by atoms with Gasteiger partial charge in [0.25, 0.3) is 0 Å². The van der Waals surface area contributed by atoms with Crippen molar-refractivity contribution < 1.29 is 14.3 Å². The van der Waals surface area contributed by atoms with Crippen molar-refractivity contribution in [3.05, 3.63) is 23.8 Å². The van der Waals surface area contributed by atoms with E-state index in [1.54, 1.807) is 14.2 Å². The molecule has 0 aromatic heterocycles. The standard InChI is InChI=1S/C24H39N5O3.HI/c1-24(2,19-8-9-20(31-4)21(16-19)32-5)18-26-23(25-3)29-14-12-27(13-15-29)17-22(30)28-10-6-7-11-28;/h8-9,16H,6-7,10-15,17-18H2,1-5H3,(H,25,26);1H. The van der Waals surface area contributed by atoms with Gasteiger partial charge in [-0.1, -0.05) is 19.9 Å². The molecular formula is C24H40IN5O3. The number of rotatable bonds is 7. The van der Waals surface area contributed by atoms with Gasteiger partial charge >= 0.3 is 0 Å². The summed E-state index contributed by atoms with van der Waals surface area (Å²) in [7, 11) is 5.14. The number of halogens is 1. The molecule has 2 saturated heterocycles. The van der Waals surface area contributed by atoms with Crippen LogP contribution < -0.4 is 14.8 Å². The molecule has 9 heteroatoms. The molecule has 33 heavy (non-hydrogen) atoms. The number of aliphatic imine (C=N–C) groups is 1. The third-order valence-corrected chi connectivity index (χ3v) is 6.55. The summed E-state index contributed by atoms with van der Waals surface area (Å²) in [5.41, 5.74) is 1.04. The molecule has 0 radical (unpaired) electrons. The maximum absolute atomic E-state index is 12.4. The van der Waals surface area contributed by atoms with E-state index in [-0.39, 0.29) is 35.3 Å². The van der Waals surface area contributed by atoms with Gasteiger partial charge in [-0.25, -0.2) is 0 Å². The molecule has 2 aliphatic rings. The van der Waals surface area contributed by atoms with Crippen LogP contribution >= 0.6 is 24.0 Å². The third kappa shape index (κ3) is 7.11. The lowest BCUT2D eigenvalue weighted by Gasteiger charge is -2.37. The Morgan fingerprint density at radius 1 is 1.00 bits per heavy atom. The summed E-state index contributed by atoms with van der Waals surface area (Å²) in [6.07, 6.45) is 2.28. The molecule has 0 atom stereocenters. The van der Waals surface area contributed by atoms with Crippen molar-refractivity contribution in [1.82, 2.24) is 20.0 Å². The van der Waals surface area contributed by atoms with E-state index < -0.39 is 0 Å². The Hall–Kier alpha value is -1.75. The predicted octanol–water partition coefficient (Wildman–Crippen LogP) is 2.41. The summed E-state index contributed by atoms with van der Waals surface area (Å²) < 4.78 is 10.8. The Morgan fingerprint density at radius 3 is 2.21 bits per heavy atom. The zero-order valence-electron chi connectivity index (χ0n) is 20.7. The van der Waals surface area contributed by atoms with E-state index in [1.807, 2.05) is 24.1 Å². The number of nitrogens with zero attached hydrogens (tertiary/aromatic N) is 4. The zero-order chi connectivity index (χ0) is 23.1. The first kappa shape index (κ1) is 27.5. The minimum absolute atomic E-state index is 0. The Bertz CT molecular complexity index is 803. The van der Waals surface area contributed by atoms with Crippen LogP contribution in [0, 0.1) is 0 Å². The molecule has 186 valence electrons. The Kier molecular flexibility index (Phi) is 10.5. The Morgan fingerprint density at radius 2 is 1.64 bits per heavy atom. The van der Waals surface area contributed by atoms with Crippen molar-refractivity contribution in [2.75, 3.05) is 73.6 Å². The zero-order valence-corrected chi connectivity index (χ0v) is 23.1. The highest BCUT2D eigenvalue weighted by molar-refractivity contribution is 14.0. The molecule has 1 aromatic rings. The fourth-order valence-corrected chi connectivity index (χ4v) is 4.37. The predicted molar refractivity (Wildman–Crippen MR) is 143 cm³/mol. The monoisotopic (exact) mass is 573 g/mol. The van der Waals surface area contributed by atoms with Crippen LogP contribution in [0.3, 0.4) is 0 Å². The van der Waals surface area contributed by atoms with Gasteiger partial charge in [0.05, 0.1) is 20.8 Å². The fourth-order valence-electron chi connectivity index (χ4n) is 4.37. The second-order valence-corrected chi connectivity index (χ2v) is 9.21. The Labute approximate surface area is 215 Å². The number of hydrogen-bond acceptors (Lipinski definition) is 5. The lowest BCUT2D eigenvalue weighted by Crippen LogP contribution is -2.55. The average molecular weight is 574 g/mol. The number of carbonyl (C=O) groups is 1. The number of carbonyl (C=O) groups excluding carboxylic acids is 1. The quantitative estimate of drug-likeness (QED) is 0.307. The molecule has 3 rings (SSSR count). The van der Waals surface area contributed by atoms with E-state index in [0.29, 0.717) is 6.54 Å². The topological polar surface area (TPSA) is 69.6 Å². The second kappa shape index (κ2) is 12.6. The molecule has 0 spiro atoms. The minimum atomic E-state index is -0.126. The van der Waals surface area contributed by atoms with Gasteiger partial charge in [-0.15, -0.1) is 24.0 Å². The lowest BCUT2D eigenvalue weighted by molar-refractivity contribution is -0.131. The SMILES string of the molecule is CN=C(NCC(C)(C)c1ccc(OC)c(OC)c1)N1CCN(CC(=O)N2CCCC2)CC1.I. The molecule has 0 bridgehead atoms. The van der Waals surface area contributed by atoms with Crippen LogP contribution in [-0.2, 0) is 10.2 Å². The highest BCUT2D eigenvalue weighted by atomic mass is 127. The van der Waals surface area contributed by atoms with Gasteiger partial charge < -0.3 is 24.6 Å². The molecule has 8 nitrogen and oxygen atoms in total. The summed E-state index contributed by atoms with van der Waals surface area (Å²) in [6, 6.07) is 6.08. The third-order valence-electron chi connectivity index (χ3n) is 6.55. The highest BCUT2D eigenvalue weighted by Gasteiger charge is 2.27. The number of amides is 1. The number of likely N-dealkylation sites (tertiary alicyclic amines) is 1. The summed E-state index contributed by atoms with van der Waals surface area (Å²) in [5, 5.41) is 3.55. The fraction of sp³-hybridized carbons (Fsp3) is 0.667. The second-order valence-electron chi connectivity index (χ2n) is 9.21. The van der Waals surface area contributed by atoms with Crippen molar-refractivity contribution >= 4 is 35.8 Å². The number of ether oxygens (including phenoxy) is 2. The van der Waals surface area contributed by atoms with E-state index in [0.717, 1.165) is 76.1 Å². The number of nitrogens with one attached hydrogen (secondary N) is 1. The molecule has 0 unspecified atom stereocenters. The first-order chi connectivity index (χ1) is 15.4. The van der Waals surface area contributed by atoms with Crippen molar-refractivity contribution in [3.63, 3.8) is 0 Å². The van der Waals surface area contributed by atoms with Gasteiger partial charge in [-0.05, 0) is 30.5 Å². The van der Waals surface area contributed by atoms with Crippen molar-refractivity contribution in [2.45, 2.75) is 32.1 Å². The highest BCUT2D eigenvalue weighted by Crippen LogP contribution is 2.32. The molecule has 2 fully saturated rings. The maximum atomic E-state index is 12.4. The van der Waals surface area contributed by atoms with Crippen LogP contribution in [0.15, 0.2) is 23.2 Å².